The number of carboxylic acids is 2. The van der Waals surface area contributed by atoms with Crippen LogP contribution in [0, 0.1) is 0 Å². The van der Waals surface area contributed by atoms with Gasteiger partial charge < -0.3 is 19.8 Å². The van der Waals surface area contributed by atoms with Crippen molar-refractivity contribution < 1.29 is 19.8 Å². The van der Waals surface area contributed by atoms with Crippen LogP contribution in [-0.4, -0.2) is 49.7 Å². The second kappa shape index (κ2) is 45.6. The third kappa shape index (κ3) is 52.8. The fraction of sp³-hybridized carbons (Fsp3) is 0.946. The number of aliphatic carboxylic acids is 2. The number of hydrogen-bond donors (Lipinski definition) is 0. The quantitative estimate of drug-likeness (QED) is 0.0552. The summed E-state index contributed by atoms with van der Waals surface area (Å²) in [6.07, 6.45) is 39.7. The van der Waals surface area contributed by atoms with Gasteiger partial charge in [-0.05, 0) is 25.7 Å². The van der Waals surface area contributed by atoms with Crippen LogP contribution in [0.5, 0.6) is 0 Å². The van der Waals surface area contributed by atoms with E-state index in [2.05, 4.69) is 13.8 Å². The standard InChI is InChI=1S/2C18H36O2.CH4.Ca/c2*1-2-3-4-5-6-7-8-9-10-11-12-13-14-15-16-17-18(19)20;;/h2*2-17H2,1H3,(H,19,20);1H4;/q;;;+2/p-2. The molecule has 4 nitrogen and oxygen atoms in total. The maximum atomic E-state index is 10.2. The zero-order chi connectivity index (χ0) is 29.8. The summed E-state index contributed by atoms with van der Waals surface area (Å²) in [5.74, 6) is -1.81. The van der Waals surface area contributed by atoms with Gasteiger partial charge in [0.1, 0.15) is 0 Å². The Labute approximate surface area is 294 Å². The second-order valence-electron chi connectivity index (χ2n) is 12.1. The van der Waals surface area contributed by atoms with Crippen molar-refractivity contribution in [3.05, 3.63) is 0 Å². The average molecular weight is 623 g/mol. The first-order chi connectivity index (χ1) is 19.5. The van der Waals surface area contributed by atoms with Crippen molar-refractivity contribution in [2.75, 3.05) is 0 Å². The van der Waals surface area contributed by atoms with E-state index < -0.39 is 11.9 Å². The van der Waals surface area contributed by atoms with E-state index in [4.69, 9.17) is 0 Å². The van der Waals surface area contributed by atoms with Gasteiger partial charge >= 0.3 is 37.7 Å². The number of carbonyl (C=O) groups is 2. The molecule has 0 bridgehead atoms. The predicted octanol–water partition coefficient (Wildman–Crippen LogP) is 10.3. The fourth-order valence-corrected chi connectivity index (χ4v) is 5.28. The van der Waals surface area contributed by atoms with E-state index in [-0.39, 0.29) is 58.0 Å². The van der Waals surface area contributed by atoms with Crippen molar-refractivity contribution in [2.24, 2.45) is 0 Å². The van der Waals surface area contributed by atoms with E-state index >= 15 is 0 Å². The number of carbonyl (C=O) groups excluding carboxylic acids is 2. The summed E-state index contributed by atoms with van der Waals surface area (Å²) >= 11 is 0. The number of rotatable bonds is 32. The molecule has 0 saturated heterocycles. The fourth-order valence-electron chi connectivity index (χ4n) is 5.28. The van der Waals surface area contributed by atoms with Crippen LogP contribution in [0.2, 0.25) is 0 Å². The molecule has 0 atom stereocenters. The molecule has 0 aromatic carbocycles. The van der Waals surface area contributed by atoms with Gasteiger partial charge in [0.15, 0.2) is 0 Å². The van der Waals surface area contributed by atoms with Crippen molar-refractivity contribution in [3.63, 3.8) is 0 Å². The Bertz CT molecular complexity index is 454. The topological polar surface area (TPSA) is 80.3 Å². The molecule has 5 heteroatoms. The van der Waals surface area contributed by atoms with Crippen LogP contribution in [0.3, 0.4) is 0 Å². The summed E-state index contributed by atoms with van der Waals surface area (Å²) in [4.78, 5) is 20.4. The molecule has 0 radical (unpaired) electrons. The molecule has 248 valence electrons. The summed E-state index contributed by atoms with van der Waals surface area (Å²) in [6, 6.07) is 0. The number of hydrogen-bond acceptors (Lipinski definition) is 4. The molecule has 0 rings (SSSR count). The van der Waals surface area contributed by atoms with Crippen LogP contribution in [-0.2, 0) is 9.59 Å². The van der Waals surface area contributed by atoms with Gasteiger partial charge in [-0.15, -0.1) is 0 Å². The molecule has 0 fully saturated rings. The summed E-state index contributed by atoms with van der Waals surface area (Å²) < 4.78 is 0. The molecule has 0 aliphatic heterocycles. The van der Waals surface area contributed by atoms with E-state index in [1.807, 2.05) is 0 Å². The zero-order valence-electron chi connectivity index (χ0n) is 28.0. The minimum Gasteiger partial charge on any atom is -0.550 e. The molecule has 0 spiro atoms. The Hall–Kier alpha value is 0.200. The normalized spacial score (nSPS) is 10.3. The van der Waals surface area contributed by atoms with Gasteiger partial charge in [0.2, 0.25) is 0 Å². The largest absolute Gasteiger partial charge is 2.00 e. The monoisotopic (exact) mass is 623 g/mol. The smallest absolute Gasteiger partial charge is 0.550 e. The number of carboxylic acid groups (broad SMARTS) is 2. The van der Waals surface area contributed by atoms with Gasteiger partial charge in [0.25, 0.3) is 0 Å². The van der Waals surface area contributed by atoms with Crippen molar-refractivity contribution in [3.8, 4) is 0 Å². The van der Waals surface area contributed by atoms with Crippen molar-refractivity contribution in [1.29, 1.82) is 0 Å². The molecule has 0 N–H and O–H groups in total. The third-order valence-electron chi connectivity index (χ3n) is 7.97. The van der Waals surface area contributed by atoms with Crippen LogP contribution in [0.25, 0.3) is 0 Å². The predicted molar refractivity (Wildman–Crippen MR) is 182 cm³/mol. The van der Waals surface area contributed by atoms with Crippen molar-refractivity contribution in [1.82, 2.24) is 0 Å². The van der Waals surface area contributed by atoms with Gasteiger partial charge in [-0.2, -0.15) is 0 Å². The molecule has 0 aromatic rings. The minimum absolute atomic E-state index is 0. The van der Waals surface area contributed by atoms with Crippen molar-refractivity contribution >= 4 is 49.7 Å². The van der Waals surface area contributed by atoms with E-state index in [0.29, 0.717) is 0 Å². The van der Waals surface area contributed by atoms with Crippen LogP contribution in [0.1, 0.15) is 227 Å². The first-order valence-electron chi connectivity index (χ1n) is 17.9. The first-order valence-corrected chi connectivity index (χ1v) is 17.9. The van der Waals surface area contributed by atoms with Crippen LogP contribution in [0.15, 0.2) is 0 Å². The molecule has 42 heavy (non-hydrogen) atoms. The molecular weight excluding hydrogens is 548 g/mol. The summed E-state index contributed by atoms with van der Waals surface area (Å²) in [5.41, 5.74) is 0. The molecule has 0 saturated carbocycles. The SMILES string of the molecule is C.CCCCCCCCCCCCCCCCCC(=O)[O-].CCCCCCCCCCCCCCCCCC(=O)[O-].[Ca+2]. The summed E-state index contributed by atoms with van der Waals surface area (Å²) in [7, 11) is 0. The van der Waals surface area contributed by atoms with E-state index in [9.17, 15) is 19.8 Å². The Balaban J connectivity index is -0.000000328. The molecule has 0 unspecified atom stereocenters. The van der Waals surface area contributed by atoms with Gasteiger partial charge in [-0.3, -0.25) is 0 Å². The average Bonchev–Trinajstić information content (AvgIpc) is 2.93. The molecule has 0 aromatic heterocycles. The third-order valence-corrected chi connectivity index (χ3v) is 7.97. The van der Waals surface area contributed by atoms with Gasteiger partial charge in [0, 0.05) is 11.9 Å². The van der Waals surface area contributed by atoms with Gasteiger partial charge in [0.05, 0.1) is 0 Å². The van der Waals surface area contributed by atoms with Crippen LogP contribution in [0.4, 0.5) is 0 Å². The summed E-state index contributed by atoms with van der Waals surface area (Å²) in [5, 5.41) is 20.4. The maximum absolute atomic E-state index is 10.2. The van der Waals surface area contributed by atoms with E-state index in [1.54, 1.807) is 0 Å². The summed E-state index contributed by atoms with van der Waals surface area (Å²) in [6.45, 7) is 4.53. The minimum atomic E-state index is -0.903. The Morgan fingerprint density at radius 3 is 0.619 bits per heavy atom. The molecule has 0 aliphatic rings. The van der Waals surface area contributed by atoms with Crippen LogP contribution < -0.4 is 10.2 Å². The molecule has 0 aliphatic carbocycles. The van der Waals surface area contributed by atoms with E-state index in [1.165, 1.54) is 167 Å². The van der Waals surface area contributed by atoms with E-state index in [0.717, 1.165) is 25.7 Å². The van der Waals surface area contributed by atoms with Gasteiger partial charge in [-0.25, -0.2) is 0 Å². The Kier molecular flexibility index (Phi) is 53.3. The number of unbranched alkanes of at least 4 members (excludes halogenated alkanes) is 28. The van der Waals surface area contributed by atoms with Gasteiger partial charge in [-0.1, -0.05) is 201 Å². The van der Waals surface area contributed by atoms with Crippen LogP contribution >= 0.6 is 0 Å². The maximum Gasteiger partial charge on any atom is 2.00 e. The second-order valence-corrected chi connectivity index (χ2v) is 12.1. The van der Waals surface area contributed by atoms with Crippen molar-refractivity contribution in [2.45, 2.75) is 227 Å². The molecular formula is C37H74CaO4. The first kappa shape index (κ1) is 49.1. The molecule has 0 heterocycles. The molecule has 0 amide bonds. The zero-order valence-corrected chi connectivity index (χ0v) is 30.2. The Morgan fingerprint density at radius 1 is 0.333 bits per heavy atom. The Morgan fingerprint density at radius 2 is 0.476 bits per heavy atom.